The number of hydrogen-bond donors (Lipinski definition) is 1. The number of carbonyl (C=O) groups is 3. The highest BCUT2D eigenvalue weighted by Gasteiger charge is 2.49. The van der Waals surface area contributed by atoms with Gasteiger partial charge in [-0.2, -0.15) is 0 Å². The monoisotopic (exact) mass is 355 g/mol. The molecular formula is C16H16F3N3O3. The lowest BCUT2D eigenvalue weighted by atomic mass is 10.2. The first-order chi connectivity index (χ1) is 11.9. The van der Waals surface area contributed by atoms with Crippen LogP contribution in [0, 0.1) is 29.3 Å². The normalized spacial score (nSPS) is 22.5. The molecule has 2 aliphatic rings. The molecule has 0 radical (unpaired) electrons. The number of anilines is 1. The number of piperazine rings is 1. The van der Waals surface area contributed by atoms with Crippen molar-refractivity contribution < 1.29 is 27.6 Å². The van der Waals surface area contributed by atoms with Gasteiger partial charge in [0.25, 0.3) is 0 Å². The second-order valence-electron chi connectivity index (χ2n) is 6.13. The smallest absolute Gasteiger partial charge is 0.228 e. The minimum absolute atomic E-state index is 0.184. The average Bonchev–Trinajstić information content (AvgIpc) is 3.42. The first-order valence-corrected chi connectivity index (χ1v) is 7.85. The van der Waals surface area contributed by atoms with Crippen molar-refractivity contribution in [3.05, 3.63) is 29.6 Å². The number of carbonyl (C=O) groups excluding carboxylic acids is 3. The van der Waals surface area contributed by atoms with Crippen LogP contribution >= 0.6 is 0 Å². The van der Waals surface area contributed by atoms with Gasteiger partial charge in [-0.1, -0.05) is 0 Å². The molecular weight excluding hydrogens is 339 g/mol. The molecule has 1 saturated heterocycles. The third-order valence-corrected chi connectivity index (χ3v) is 4.51. The molecule has 1 aromatic rings. The Morgan fingerprint density at radius 2 is 1.72 bits per heavy atom. The van der Waals surface area contributed by atoms with Gasteiger partial charge >= 0.3 is 0 Å². The molecule has 0 spiro atoms. The summed E-state index contributed by atoms with van der Waals surface area (Å²) in [5.74, 6) is -6.38. The van der Waals surface area contributed by atoms with Crippen molar-refractivity contribution in [1.82, 2.24) is 9.80 Å². The SMILES string of the molecule is O=CN1CCN(C(=O)C2CC2C(=O)Nc2ccc(F)c(F)c2F)CC1. The Bertz CT molecular complexity index is 720. The molecule has 2 fully saturated rings. The van der Waals surface area contributed by atoms with Gasteiger partial charge in [-0.15, -0.1) is 0 Å². The molecule has 6 nitrogen and oxygen atoms in total. The summed E-state index contributed by atoms with van der Waals surface area (Å²) in [4.78, 5) is 38.3. The van der Waals surface area contributed by atoms with E-state index >= 15 is 0 Å². The van der Waals surface area contributed by atoms with Gasteiger partial charge in [-0.05, 0) is 18.6 Å². The Morgan fingerprint density at radius 3 is 2.36 bits per heavy atom. The molecule has 1 saturated carbocycles. The van der Waals surface area contributed by atoms with Crippen molar-refractivity contribution in [3.63, 3.8) is 0 Å². The van der Waals surface area contributed by atoms with E-state index in [2.05, 4.69) is 5.32 Å². The number of nitrogens with one attached hydrogen (secondary N) is 1. The Balaban J connectivity index is 1.56. The maximum atomic E-state index is 13.6. The maximum absolute atomic E-state index is 13.6. The summed E-state index contributed by atoms with van der Waals surface area (Å²) in [6.45, 7) is 1.69. The first-order valence-electron chi connectivity index (χ1n) is 7.85. The molecule has 1 aliphatic carbocycles. The van der Waals surface area contributed by atoms with Crippen LogP contribution in [0.3, 0.4) is 0 Å². The van der Waals surface area contributed by atoms with Crippen molar-refractivity contribution in [2.24, 2.45) is 11.8 Å². The van der Waals surface area contributed by atoms with Crippen LogP contribution in [0.1, 0.15) is 6.42 Å². The van der Waals surface area contributed by atoms with E-state index in [0.717, 1.165) is 18.5 Å². The predicted octanol–water partition coefficient (Wildman–Crippen LogP) is 0.979. The number of nitrogens with zero attached hydrogens (tertiary/aromatic N) is 2. The molecule has 25 heavy (non-hydrogen) atoms. The first kappa shape index (κ1) is 17.2. The standard InChI is InChI=1S/C16H16F3N3O3/c17-11-1-2-12(14(19)13(11)18)20-15(24)9-7-10(9)16(25)22-5-3-21(8-23)4-6-22/h1-2,8-10H,3-7H2,(H,20,24). The van der Waals surface area contributed by atoms with E-state index in [1.807, 2.05) is 0 Å². The van der Waals surface area contributed by atoms with Crippen molar-refractivity contribution in [3.8, 4) is 0 Å². The van der Waals surface area contributed by atoms with E-state index in [1.54, 1.807) is 9.80 Å². The van der Waals surface area contributed by atoms with Crippen LogP contribution < -0.4 is 5.32 Å². The molecule has 3 amide bonds. The Hall–Kier alpha value is -2.58. The van der Waals surface area contributed by atoms with Crippen molar-refractivity contribution in [1.29, 1.82) is 0 Å². The molecule has 1 aromatic carbocycles. The third-order valence-electron chi connectivity index (χ3n) is 4.51. The fourth-order valence-electron chi connectivity index (χ4n) is 2.89. The highest BCUT2D eigenvalue weighted by molar-refractivity contribution is 5.99. The quantitative estimate of drug-likeness (QED) is 0.647. The van der Waals surface area contributed by atoms with Gasteiger partial charge in [0.1, 0.15) is 0 Å². The van der Waals surface area contributed by atoms with E-state index in [9.17, 15) is 27.6 Å². The van der Waals surface area contributed by atoms with Crippen LogP contribution in [0.15, 0.2) is 12.1 Å². The van der Waals surface area contributed by atoms with E-state index < -0.39 is 40.9 Å². The lowest BCUT2D eigenvalue weighted by molar-refractivity contribution is -0.137. The van der Waals surface area contributed by atoms with Gasteiger partial charge in [-0.25, -0.2) is 13.2 Å². The minimum Gasteiger partial charge on any atom is -0.342 e. The summed E-state index contributed by atoms with van der Waals surface area (Å²) in [5.41, 5.74) is -0.457. The average molecular weight is 355 g/mol. The van der Waals surface area contributed by atoms with Crippen LogP contribution in [0.25, 0.3) is 0 Å². The van der Waals surface area contributed by atoms with Crippen LogP contribution in [0.4, 0.5) is 18.9 Å². The van der Waals surface area contributed by atoms with Crippen molar-refractivity contribution in [2.45, 2.75) is 6.42 Å². The summed E-state index contributed by atoms with van der Waals surface area (Å²) < 4.78 is 39.7. The number of hydrogen-bond acceptors (Lipinski definition) is 3. The molecule has 0 bridgehead atoms. The predicted molar refractivity (Wildman–Crippen MR) is 80.8 cm³/mol. The molecule has 2 unspecified atom stereocenters. The molecule has 1 heterocycles. The lowest BCUT2D eigenvalue weighted by Gasteiger charge is -2.32. The summed E-state index contributed by atoms with van der Waals surface area (Å²) in [6, 6.07) is 1.65. The van der Waals surface area contributed by atoms with Gasteiger partial charge in [0, 0.05) is 26.2 Å². The van der Waals surface area contributed by atoms with E-state index in [0.29, 0.717) is 32.6 Å². The van der Waals surface area contributed by atoms with Gasteiger partial charge in [0.15, 0.2) is 17.5 Å². The molecule has 2 atom stereocenters. The fourth-order valence-corrected chi connectivity index (χ4v) is 2.89. The fraction of sp³-hybridized carbons (Fsp3) is 0.438. The third kappa shape index (κ3) is 3.45. The van der Waals surface area contributed by atoms with E-state index in [4.69, 9.17) is 0 Å². The second kappa shape index (κ2) is 6.73. The molecule has 0 aromatic heterocycles. The lowest BCUT2D eigenvalue weighted by Crippen LogP contribution is -2.48. The molecule has 1 N–H and O–H groups in total. The Kier molecular flexibility index (Phi) is 4.65. The zero-order valence-electron chi connectivity index (χ0n) is 13.2. The zero-order chi connectivity index (χ0) is 18.1. The number of halogens is 3. The van der Waals surface area contributed by atoms with Gasteiger partial charge < -0.3 is 15.1 Å². The molecule has 134 valence electrons. The van der Waals surface area contributed by atoms with Gasteiger partial charge in [0.2, 0.25) is 18.2 Å². The van der Waals surface area contributed by atoms with Crippen LogP contribution in [-0.4, -0.2) is 54.2 Å². The highest BCUT2D eigenvalue weighted by atomic mass is 19.2. The summed E-state index contributed by atoms with van der Waals surface area (Å²) in [5, 5.41) is 2.20. The highest BCUT2D eigenvalue weighted by Crippen LogP contribution is 2.41. The zero-order valence-corrected chi connectivity index (χ0v) is 13.2. The van der Waals surface area contributed by atoms with Crippen molar-refractivity contribution in [2.75, 3.05) is 31.5 Å². The minimum atomic E-state index is -1.66. The largest absolute Gasteiger partial charge is 0.342 e. The molecule has 9 heteroatoms. The Labute approximate surface area is 141 Å². The summed E-state index contributed by atoms with van der Waals surface area (Å²) in [7, 11) is 0. The van der Waals surface area contributed by atoms with Crippen LogP contribution in [-0.2, 0) is 14.4 Å². The summed E-state index contributed by atoms with van der Waals surface area (Å²) in [6.07, 6.45) is 1.05. The topological polar surface area (TPSA) is 69.7 Å². The van der Waals surface area contributed by atoms with Gasteiger partial charge in [-0.3, -0.25) is 14.4 Å². The number of benzene rings is 1. The van der Waals surface area contributed by atoms with Gasteiger partial charge in [0.05, 0.1) is 17.5 Å². The van der Waals surface area contributed by atoms with E-state index in [-0.39, 0.29) is 5.91 Å². The van der Waals surface area contributed by atoms with E-state index in [1.165, 1.54) is 0 Å². The summed E-state index contributed by atoms with van der Waals surface area (Å²) >= 11 is 0. The number of amides is 3. The van der Waals surface area contributed by atoms with Crippen LogP contribution in [0.2, 0.25) is 0 Å². The van der Waals surface area contributed by atoms with Crippen molar-refractivity contribution >= 4 is 23.9 Å². The second-order valence-corrected chi connectivity index (χ2v) is 6.13. The maximum Gasteiger partial charge on any atom is 0.228 e. The Morgan fingerprint density at radius 1 is 1.04 bits per heavy atom. The van der Waals surface area contributed by atoms with Crippen LogP contribution in [0.5, 0.6) is 0 Å². The molecule has 3 rings (SSSR count). The number of rotatable bonds is 4. The molecule has 1 aliphatic heterocycles.